The van der Waals surface area contributed by atoms with Crippen LogP contribution >= 0.6 is 11.5 Å². The number of anilines is 1. The Hall–Kier alpha value is -0.680. The van der Waals surface area contributed by atoms with Gasteiger partial charge >= 0.3 is 0 Å². The number of rotatable bonds is 4. The Kier molecular flexibility index (Phi) is 4.34. The van der Waals surface area contributed by atoms with E-state index in [0.717, 1.165) is 24.0 Å². The van der Waals surface area contributed by atoms with Crippen molar-refractivity contribution in [3.05, 3.63) is 5.82 Å². The number of aromatic nitrogens is 2. The minimum absolute atomic E-state index is 0.418. The van der Waals surface area contributed by atoms with Gasteiger partial charge in [0, 0.05) is 37.1 Å². The lowest BCUT2D eigenvalue weighted by Gasteiger charge is -2.27. The SMILES string of the molecule is CC(C)c1nsc(N(C)CC2CCCCN2)n1. The average Bonchev–Trinajstić information content (AvgIpc) is 2.79. The Labute approximate surface area is 108 Å². The van der Waals surface area contributed by atoms with Crippen LogP contribution in [0.1, 0.15) is 44.9 Å². The van der Waals surface area contributed by atoms with Gasteiger partial charge in [-0.15, -0.1) is 0 Å². The van der Waals surface area contributed by atoms with E-state index in [1.54, 1.807) is 0 Å². The highest BCUT2D eigenvalue weighted by Crippen LogP contribution is 2.21. The molecule has 1 fully saturated rings. The second kappa shape index (κ2) is 5.78. The summed E-state index contributed by atoms with van der Waals surface area (Å²) >= 11 is 1.51. The zero-order valence-corrected chi connectivity index (χ0v) is 11.8. The van der Waals surface area contributed by atoms with Crippen molar-refractivity contribution in [1.82, 2.24) is 14.7 Å². The van der Waals surface area contributed by atoms with E-state index in [0.29, 0.717) is 12.0 Å². The van der Waals surface area contributed by atoms with Crippen LogP contribution in [0.15, 0.2) is 0 Å². The highest BCUT2D eigenvalue weighted by molar-refractivity contribution is 7.09. The Bertz CT molecular complexity index is 344. The standard InChI is InChI=1S/C12H22N4S/c1-9(2)11-14-12(17-15-11)16(3)8-10-6-4-5-7-13-10/h9-10,13H,4-8H2,1-3H3. The summed E-state index contributed by atoms with van der Waals surface area (Å²) in [6, 6.07) is 0.611. The summed E-state index contributed by atoms with van der Waals surface area (Å²) in [5.74, 6) is 1.38. The molecule has 0 aliphatic carbocycles. The van der Waals surface area contributed by atoms with E-state index >= 15 is 0 Å². The fraction of sp³-hybridized carbons (Fsp3) is 0.833. The third-order valence-electron chi connectivity index (χ3n) is 3.18. The number of piperidine rings is 1. The van der Waals surface area contributed by atoms with E-state index in [2.05, 4.69) is 40.5 Å². The molecule has 2 rings (SSSR count). The molecule has 1 saturated heterocycles. The van der Waals surface area contributed by atoms with Gasteiger partial charge < -0.3 is 10.2 Å². The van der Waals surface area contributed by atoms with Gasteiger partial charge in [0.15, 0.2) is 0 Å². The summed E-state index contributed by atoms with van der Waals surface area (Å²) in [6.45, 7) is 6.46. The number of hydrogen-bond donors (Lipinski definition) is 1. The van der Waals surface area contributed by atoms with E-state index in [1.807, 2.05) is 0 Å². The van der Waals surface area contributed by atoms with Gasteiger partial charge in [-0.25, -0.2) is 4.98 Å². The van der Waals surface area contributed by atoms with E-state index in [4.69, 9.17) is 0 Å². The maximum absolute atomic E-state index is 4.58. The van der Waals surface area contributed by atoms with Crippen molar-refractivity contribution < 1.29 is 0 Å². The van der Waals surface area contributed by atoms with Gasteiger partial charge in [0.1, 0.15) is 5.82 Å². The smallest absolute Gasteiger partial charge is 0.205 e. The van der Waals surface area contributed by atoms with Gasteiger partial charge in [-0.2, -0.15) is 4.37 Å². The molecule has 96 valence electrons. The average molecular weight is 254 g/mol. The first-order valence-corrected chi connectivity index (χ1v) is 7.22. The molecule has 5 heteroatoms. The highest BCUT2D eigenvalue weighted by atomic mass is 32.1. The van der Waals surface area contributed by atoms with E-state index < -0.39 is 0 Å². The van der Waals surface area contributed by atoms with Crippen LogP contribution in [0.4, 0.5) is 5.13 Å². The van der Waals surface area contributed by atoms with Crippen LogP contribution < -0.4 is 10.2 Å². The number of nitrogens with zero attached hydrogens (tertiary/aromatic N) is 3. The van der Waals surface area contributed by atoms with E-state index in [1.165, 1.54) is 30.8 Å². The zero-order valence-electron chi connectivity index (χ0n) is 10.9. The summed E-state index contributed by atoms with van der Waals surface area (Å²) in [4.78, 5) is 6.81. The van der Waals surface area contributed by atoms with Crippen LogP contribution in [-0.4, -0.2) is 35.5 Å². The van der Waals surface area contributed by atoms with Crippen LogP contribution in [0.5, 0.6) is 0 Å². The fourth-order valence-electron chi connectivity index (χ4n) is 2.10. The Balaban J connectivity index is 1.91. The molecule has 1 unspecified atom stereocenters. The first-order valence-electron chi connectivity index (χ1n) is 6.45. The van der Waals surface area contributed by atoms with E-state index in [9.17, 15) is 0 Å². The Morgan fingerprint density at radius 3 is 2.88 bits per heavy atom. The Morgan fingerprint density at radius 2 is 2.29 bits per heavy atom. The summed E-state index contributed by atoms with van der Waals surface area (Å²) in [7, 11) is 2.11. The molecule has 0 aromatic carbocycles. The molecule has 1 aromatic heterocycles. The predicted molar refractivity (Wildman–Crippen MR) is 72.9 cm³/mol. The lowest BCUT2D eigenvalue weighted by Crippen LogP contribution is -2.42. The number of hydrogen-bond acceptors (Lipinski definition) is 5. The second-order valence-corrected chi connectivity index (χ2v) is 5.85. The van der Waals surface area contributed by atoms with Crippen LogP contribution in [0.2, 0.25) is 0 Å². The highest BCUT2D eigenvalue weighted by Gasteiger charge is 2.17. The van der Waals surface area contributed by atoms with Crippen LogP contribution in [-0.2, 0) is 0 Å². The molecule has 0 bridgehead atoms. The first-order chi connectivity index (χ1) is 8.16. The minimum atomic E-state index is 0.418. The van der Waals surface area contributed by atoms with E-state index in [-0.39, 0.29) is 0 Å². The second-order valence-electron chi connectivity index (χ2n) is 5.12. The Morgan fingerprint density at radius 1 is 1.47 bits per heavy atom. The van der Waals surface area contributed by atoms with Gasteiger partial charge in [-0.3, -0.25) is 0 Å². The molecule has 0 radical (unpaired) electrons. The zero-order chi connectivity index (χ0) is 12.3. The minimum Gasteiger partial charge on any atom is -0.348 e. The summed E-state index contributed by atoms with van der Waals surface area (Å²) in [6.07, 6.45) is 3.94. The number of likely N-dealkylation sites (N-methyl/N-ethyl adjacent to an activating group) is 1. The van der Waals surface area contributed by atoms with Crippen molar-refractivity contribution in [1.29, 1.82) is 0 Å². The lowest BCUT2D eigenvalue weighted by atomic mass is 10.1. The molecular formula is C12H22N4S. The van der Waals surface area contributed by atoms with Gasteiger partial charge in [0.05, 0.1) is 0 Å². The van der Waals surface area contributed by atoms with Gasteiger partial charge in [-0.05, 0) is 19.4 Å². The fourth-order valence-corrected chi connectivity index (χ4v) is 2.88. The number of nitrogens with one attached hydrogen (secondary N) is 1. The summed E-state index contributed by atoms with van der Waals surface area (Å²) in [5, 5.41) is 4.61. The lowest BCUT2D eigenvalue weighted by molar-refractivity contribution is 0.403. The normalized spacial score (nSPS) is 20.8. The molecule has 1 atom stereocenters. The third kappa shape index (κ3) is 3.39. The summed E-state index contributed by atoms with van der Waals surface area (Å²) < 4.78 is 4.40. The molecule has 0 saturated carbocycles. The van der Waals surface area contributed by atoms with Crippen LogP contribution in [0.25, 0.3) is 0 Å². The monoisotopic (exact) mass is 254 g/mol. The summed E-state index contributed by atoms with van der Waals surface area (Å²) in [5.41, 5.74) is 0. The maximum Gasteiger partial charge on any atom is 0.205 e. The van der Waals surface area contributed by atoms with Gasteiger partial charge in [0.25, 0.3) is 0 Å². The molecule has 0 spiro atoms. The molecule has 0 amide bonds. The molecule has 1 N–H and O–H groups in total. The molecule has 17 heavy (non-hydrogen) atoms. The van der Waals surface area contributed by atoms with Crippen LogP contribution in [0, 0.1) is 0 Å². The molecule has 1 aliphatic heterocycles. The molecule has 4 nitrogen and oxygen atoms in total. The molecule has 2 heterocycles. The largest absolute Gasteiger partial charge is 0.348 e. The van der Waals surface area contributed by atoms with Gasteiger partial charge in [0.2, 0.25) is 5.13 Å². The first kappa shape index (κ1) is 12.8. The third-order valence-corrected chi connectivity index (χ3v) is 4.03. The molecule has 1 aromatic rings. The predicted octanol–water partition coefficient (Wildman–Crippen LogP) is 2.24. The van der Waals surface area contributed by atoms with Crippen molar-refractivity contribution in [2.45, 2.75) is 45.1 Å². The molecular weight excluding hydrogens is 232 g/mol. The van der Waals surface area contributed by atoms with Crippen molar-refractivity contribution in [2.24, 2.45) is 0 Å². The quantitative estimate of drug-likeness (QED) is 0.894. The van der Waals surface area contributed by atoms with Crippen molar-refractivity contribution >= 4 is 16.7 Å². The maximum atomic E-state index is 4.58. The van der Waals surface area contributed by atoms with Crippen molar-refractivity contribution in [2.75, 3.05) is 25.0 Å². The topological polar surface area (TPSA) is 41.1 Å². The van der Waals surface area contributed by atoms with Crippen molar-refractivity contribution in [3.8, 4) is 0 Å². The van der Waals surface area contributed by atoms with Crippen molar-refractivity contribution in [3.63, 3.8) is 0 Å². The van der Waals surface area contributed by atoms with Gasteiger partial charge in [-0.1, -0.05) is 20.3 Å². The van der Waals surface area contributed by atoms with Crippen LogP contribution in [0.3, 0.4) is 0 Å². The molecule has 1 aliphatic rings.